The minimum Gasteiger partial charge on any atom is -0.490 e. The van der Waals surface area contributed by atoms with E-state index in [0.717, 1.165) is 11.3 Å². The second-order valence-electron chi connectivity index (χ2n) is 7.47. The molecular weight excluding hydrogens is 393 g/mol. The molecule has 152 valence electrons. The third-order valence-electron chi connectivity index (χ3n) is 4.75. The Morgan fingerprint density at radius 1 is 1.41 bits per heavy atom. The van der Waals surface area contributed by atoms with E-state index in [-0.39, 0.29) is 28.3 Å². The molecule has 3 rings (SSSR count). The van der Waals surface area contributed by atoms with Crippen LogP contribution < -0.4 is 15.6 Å². The van der Waals surface area contributed by atoms with Gasteiger partial charge in [-0.05, 0) is 48.5 Å². The first kappa shape index (κ1) is 20.9. The Hall–Kier alpha value is -2.86. The molecule has 0 unspecified atom stereocenters. The Labute approximate surface area is 174 Å². The summed E-state index contributed by atoms with van der Waals surface area (Å²) in [5, 5.41) is 3.25. The van der Waals surface area contributed by atoms with Crippen LogP contribution in [0.4, 0.5) is 4.39 Å². The van der Waals surface area contributed by atoms with Crippen molar-refractivity contribution in [3.63, 3.8) is 0 Å². The summed E-state index contributed by atoms with van der Waals surface area (Å²) >= 11 is 5.89. The number of halogens is 2. The van der Waals surface area contributed by atoms with E-state index in [4.69, 9.17) is 16.3 Å². The molecule has 7 heteroatoms. The highest BCUT2D eigenvalue weighted by molar-refractivity contribution is 6.30. The second-order valence-corrected chi connectivity index (χ2v) is 7.88. The monoisotopic (exact) mass is 415 g/mol. The van der Waals surface area contributed by atoms with Crippen LogP contribution in [-0.4, -0.2) is 16.7 Å². The first-order chi connectivity index (χ1) is 13.7. The predicted octanol–water partition coefficient (Wildman–Crippen LogP) is 4.52. The number of allylic oxidation sites excluding steroid dienone is 3. The molecule has 0 radical (unpaired) electrons. The van der Waals surface area contributed by atoms with E-state index in [0.29, 0.717) is 11.4 Å². The number of methoxy groups -OCH3 is 1. The smallest absolute Gasteiger partial charge is 0.296 e. The molecule has 1 aliphatic heterocycles. The highest BCUT2D eigenvalue weighted by Gasteiger charge is 2.23. The van der Waals surface area contributed by atoms with Crippen molar-refractivity contribution in [1.82, 2.24) is 14.9 Å². The molecule has 0 amide bonds. The average Bonchev–Trinajstić information content (AvgIpc) is 2.99. The van der Waals surface area contributed by atoms with E-state index in [2.05, 4.69) is 30.2 Å². The molecule has 1 N–H and O–H groups in total. The van der Waals surface area contributed by atoms with Gasteiger partial charge in [0.15, 0.2) is 0 Å². The van der Waals surface area contributed by atoms with Crippen molar-refractivity contribution in [1.29, 1.82) is 0 Å². The maximum absolute atomic E-state index is 13.5. The van der Waals surface area contributed by atoms with Gasteiger partial charge in [0.2, 0.25) is 5.75 Å². The fourth-order valence-corrected chi connectivity index (χ4v) is 3.23. The molecule has 1 aromatic carbocycles. The average molecular weight is 416 g/mol. The van der Waals surface area contributed by atoms with Crippen LogP contribution in [0, 0.1) is 11.2 Å². The minimum absolute atomic E-state index is 0.00597. The van der Waals surface area contributed by atoms with E-state index in [1.807, 2.05) is 25.3 Å². The van der Waals surface area contributed by atoms with E-state index in [1.54, 1.807) is 6.07 Å². The quantitative estimate of drug-likeness (QED) is 0.779. The molecule has 0 fully saturated rings. The van der Waals surface area contributed by atoms with Crippen molar-refractivity contribution < 1.29 is 9.13 Å². The van der Waals surface area contributed by atoms with Crippen LogP contribution in [0.2, 0.25) is 5.02 Å². The summed E-state index contributed by atoms with van der Waals surface area (Å²) in [5.41, 5.74) is 2.25. The summed E-state index contributed by atoms with van der Waals surface area (Å²) in [6.07, 6.45) is 9.26. The molecular formula is C22H23ClFN3O2. The predicted molar refractivity (Wildman–Crippen MR) is 113 cm³/mol. The Bertz CT molecular complexity index is 1080. The molecule has 5 nitrogen and oxygen atoms in total. The summed E-state index contributed by atoms with van der Waals surface area (Å²) in [5.74, 6) is 0.0953. The van der Waals surface area contributed by atoms with Gasteiger partial charge in [-0.1, -0.05) is 37.6 Å². The first-order valence-corrected chi connectivity index (χ1v) is 9.51. The Morgan fingerprint density at radius 2 is 2.17 bits per heavy atom. The summed E-state index contributed by atoms with van der Waals surface area (Å²) < 4.78 is 20.1. The largest absolute Gasteiger partial charge is 0.490 e. The Morgan fingerprint density at radius 3 is 2.79 bits per heavy atom. The van der Waals surface area contributed by atoms with Crippen molar-refractivity contribution in [2.24, 2.45) is 5.41 Å². The summed E-state index contributed by atoms with van der Waals surface area (Å²) in [6, 6.07) is 4.37. The Balaban J connectivity index is 2.02. The zero-order valence-corrected chi connectivity index (χ0v) is 17.5. The second kappa shape index (κ2) is 8.25. The lowest BCUT2D eigenvalue weighted by Crippen LogP contribution is -2.25. The number of hydrogen-bond acceptors (Lipinski definition) is 4. The van der Waals surface area contributed by atoms with Crippen LogP contribution in [0.15, 0.2) is 58.8 Å². The normalized spacial score (nSPS) is 16.9. The van der Waals surface area contributed by atoms with Gasteiger partial charge in [0, 0.05) is 11.1 Å². The van der Waals surface area contributed by atoms with Crippen molar-refractivity contribution in [2.75, 3.05) is 7.11 Å². The SMILES string of the molecule is COc1cnc(/C=C(C)\C=C2\NC=CC2(C)C)n(Cc2ccc(F)c(Cl)c2)c1=O. The number of hydrogen-bond donors (Lipinski definition) is 1. The lowest BCUT2D eigenvalue weighted by Gasteiger charge is -2.18. The Kier molecular flexibility index (Phi) is 5.94. The van der Waals surface area contributed by atoms with Crippen molar-refractivity contribution in [2.45, 2.75) is 27.3 Å². The van der Waals surface area contributed by atoms with E-state index in [9.17, 15) is 9.18 Å². The van der Waals surface area contributed by atoms with Crippen LogP contribution in [0.25, 0.3) is 6.08 Å². The molecule has 0 bridgehead atoms. The number of ether oxygens (including phenoxy) is 1. The van der Waals surface area contributed by atoms with Gasteiger partial charge >= 0.3 is 0 Å². The van der Waals surface area contributed by atoms with Crippen LogP contribution in [0.1, 0.15) is 32.2 Å². The van der Waals surface area contributed by atoms with Gasteiger partial charge in [0.25, 0.3) is 5.56 Å². The van der Waals surface area contributed by atoms with Gasteiger partial charge in [-0.25, -0.2) is 9.37 Å². The molecule has 0 saturated heterocycles. The highest BCUT2D eigenvalue weighted by Crippen LogP contribution is 2.31. The van der Waals surface area contributed by atoms with Crippen LogP contribution >= 0.6 is 11.6 Å². The van der Waals surface area contributed by atoms with Gasteiger partial charge in [-0.15, -0.1) is 0 Å². The number of aromatic nitrogens is 2. The third-order valence-corrected chi connectivity index (χ3v) is 5.04. The fraction of sp³-hybridized carbons (Fsp3) is 0.273. The fourth-order valence-electron chi connectivity index (χ4n) is 3.03. The summed E-state index contributed by atoms with van der Waals surface area (Å²) in [6.45, 7) is 6.35. The van der Waals surface area contributed by atoms with Crippen molar-refractivity contribution in [3.8, 4) is 5.75 Å². The van der Waals surface area contributed by atoms with Gasteiger partial charge in [0.1, 0.15) is 11.6 Å². The van der Waals surface area contributed by atoms with Crippen LogP contribution in [0.3, 0.4) is 0 Å². The molecule has 2 heterocycles. The highest BCUT2D eigenvalue weighted by atomic mass is 35.5. The lowest BCUT2D eigenvalue weighted by molar-refractivity contribution is 0.400. The van der Waals surface area contributed by atoms with Gasteiger partial charge in [0.05, 0.1) is 24.9 Å². The van der Waals surface area contributed by atoms with Gasteiger partial charge < -0.3 is 10.1 Å². The van der Waals surface area contributed by atoms with Gasteiger partial charge in [-0.3, -0.25) is 9.36 Å². The van der Waals surface area contributed by atoms with Gasteiger partial charge in [-0.2, -0.15) is 0 Å². The molecule has 2 aromatic rings. The van der Waals surface area contributed by atoms with E-state index in [1.165, 1.54) is 30.0 Å². The van der Waals surface area contributed by atoms with Crippen molar-refractivity contribution >= 4 is 17.7 Å². The maximum Gasteiger partial charge on any atom is 0.296 e. The molecule has 1 aliphatic rings. The topological polar surface area (TPSA) is 56.1 Å². The third kappa shape index (κ3) is 4.59. The molecule has 0 saturated carbocycles. The van der Waals surface area contributed by atoms with E-state index >= 15 is 0 Å². The number of nitrogens with one attached hydrogen (secondary N) is 1. The number of benzene rings is 1. The van der Waals surface area contributed by atoms with E-state index < -0.39 is 5.82 Å². The zero-order valence-electron chi connectivity index (χ0n) is 16.8. The molecule has 0 aliphatic carbocycles. The maximum atomic E-state index is 13.5. The zero-order chi connectivity index (χ0) is 21.2. The molecule has 0 atom stereocenters. The number of nitrogens with zero attached hydrogens (tertiary/aromatic N) is 2. The summed E-state index contributed by atoms with van der Waals surface area (Å²) in [7, 11) is 1.42. The standard InChI is InChI=1S/C22H23ClFN3O2/c1-14(9-19-22(2,3)7-8-25-19)10-20-26-12-18(29-4)21(28)27(20)13-15-5-6-17(24)16(23)11-15/h5-12,25H,13H2,1-4H3/b14-10-,19-9+. The molecule has 0 spiro atoms. The molecule has 29 heavy (non-hydrogen) atoms. The number of rotatable bonds is 5. The summed E-state index contributed by atoms with van der Waals surface area (Å²) in [4.78, 5) is 17.2. The molecule has 1 aromatic heterocycles. The minimum atomic E-state index is -0.505. The van der Waals surface area contributed by atoms with Crippen molar-refractivity contribution in [3.05, 3.63) is 86.6 Å². The van der Waals surface area contributed by atoms with Crippen LogP contribution in [0.5, 0.6) is 5.75 Å². The first-order valence-electron chi connectivity index (χ1n) is 9.14. The van der Waals surface area contributed by atoms with Crippen LogP contribution in [-0.2, 0) is 6.54 Å². The lowest BCUT2D eigenvalue weighted by atomic mass is 9.90.